The maximum Gasteiger partial charge on any atom is 0.437 e. The molecule has 2 unspecified atom stereocenters. The Morgan fingerprint density at radius 3 is 2.43 bits per heavy atom. The van der Waals surface area contributed by atoms with Crippen LogP contribution < -0.4 is 0 Å². The van der Waals surface area contributed by atoms with Crippen molar-refractivity contribution < 1.29 is 22.7 Å². The van der Waals surface area contributed by atoms with Gasteiger partial charge in [-0.25, -0.2) is 4.39 Å². The number of aromatic nitrogens is 2. The Morgan fingerprint density at radius 1 is 1.11 bits per heavy atom. The Bertz CT molecular complexity index is 1010. The molecule has 0 bridgehead atoms. The number of rotatable bonds is 4. The normalized spacial score (nSPS) is 16.2. The minimum atomic E-state index is -4.98. The zero-order chi connectivity index (χ0) is 20.9. The molecule has 0 saturated carbocycles. The molecule has 7 heteroatoms. The van der Waals surface area contributed by atoms with Gasteiger partial charge >= 0.3 is 6.18 Å². The highest BCUT2D eigenvalue weighted by Crippen LogP contribution is 2.50. The fraction of sp³-hybridized carbons (Fsp3) is 0.381. The van der Waals surface area contributed by atoms with Gasteiger partial charge in [-0.1, -0.05) is 26.8 Å². The van der Waals surface area contributed by atoms with Gasteiger partial charge in [-0.3, -0.25) is 4.98 Å². The summed E-state index contributed by atoms with van der Waals surface area (Å²) in [5.74, 6) is -1.89. The number of alkyl halides is 3. The van der Waals surface area contributed by atoms with Crippen LogP contribution in [-0.2, 0) is 11.1 Å². The van der Waals surface area contributed by atoms with Crippen molar-refractivity contribution in [2.45, 2.75) is 45.0 Å². The number of aryl methyl sites for hydroxylation is 1. The molecule has 0 aliphatic heterocycles. The average molecular weight is 394 g/mol. The number of hydrogen-bond acceptors (Lipinski definition) is 2. The van der Waals surface area contributed by atoms with Gasteiger partial charge in [0.15, 0.2) is 0 Å². The smallest absolute Gasteiger partial charge is 0.363 e. The summed E-state index contributed by atoms with van der Waals surface area (Å²) in [6.45, 7) is 6.21. The SMILES string of the molecule is Cc1ccc(F)cc1C(C)(C)C(C)C(O)(n1ccc2ncccc21)C(F)(F)F. The van der Waals surface area contributed by atoms with E-state index < -0.39 is 29.1 Å². The molecule has 3 rings (SSSR count). The third-order valence-electron chi connectivity index (χ3n) is 5.82. The second kappa shape index (κ2) is 6.58. The fourth-order valence-electron chi connectivity index (χ4n) is 3.88. The molecule has 2 atom stereocenters. The van der Waals surface area contributed by atoms with Crippen molar-refractivity contribution in [1.82, 2.24) is 9.55 Å². The Hall–Kier alpha value is -2.41. The lowest BCUT2D eigenvalue weighted by Gasteiger charge is -2.45. The average Bonchev–Trinajstić information content (AvgIpc) is 3.05. The molecule has 0 aliphatic carbocycles. The minimum absolute atomic E-state index is 0.168. The topological polar surface area (TPSA) is 38.0 Å². The number of pyridine rings is 1. The summed E-state index contributed by atoms with van der Waals surface area (Å²) < 4.78 is 57.6. The summed E-state index contributed by atoms with van der Waals surface area (Å²) in [5, 5.41) is 11.1. The van der Waals surface area contributed by atoms with E-state index in [9.17, 15) is 22.7 Å². The van der Waals surface area contributed by atoms with Gasteiger partial charge in [0.05, 0.1) is 11.0 Å². The van der Waals surface area contributed by atoms with Crippen LogP contribution in [0.5, 0.6) is 0 Å². The van der Waals surface area contributed by atoms with E-state index in [4.69, 9.17) is 0 Å². The highest BCUT2D eigenvalue weighted by Gasteiger charge is 2.62. The first kappa shape index (κ1) is 20.3. The summed E-state index contributed by atoms with van der Waals surface area (Å²) in [4.78, 5) is 4.05. The van der Waals surface area contributed by atoms with Crippen LogP contribution in [0.1, 0.15) is 31.9 Å². The summed E-state index contributed by atoms with van der Waals surface area (Å²) >= 11 is 0. The van der Waals surface area contributed by atoms with Crippen molar-refractivity contribution >= 4 is 11.0 Å². The van der Waals surface area contributed by atoms with E-state index in [1.165, 1.54) is 55.7 Å². The van der Waals surface area contributed by atoms with Gasteiger partial charge in [0.1, 0.15) is 5.82 Å². The molecule has 0 fully saturated rings. The number of halogens is 4. The molecular formula is C21H22F4N2O. The number of nitrogens with zero attached hydrogens (tertiary/aromatic N) is 2. The van der Waals surface area contributed by atoms with Gasteiger partial charge in [-0.2, -0.15) is 13.2 Å². The minimum Gasteiger partial charge on any atom is -0.363 e. The van der Waals surface area contributed by atoms with Crippen LogP contribution >= 0.6 is 0 Å². The van der Waals surface area contributed by atoms with Gasteiger partial charge in [0.2, 0.25) is 5.72 Å². The molecule has 3 nitrogen and oxygen atoms in total. The van der Waals surface area contributed by atoms with Crippen LogP contribution in [0, 0.1) is 18.7 Å². The zero-order valence-corrected chi connectivity index (χ0v) is 16.0. The summed E-state index contributed by atoms with van der Waals surface area (Å²) in [5.41, 5.74) is -2.84. The van der Waals surface area contributed by atoms with Crippen LogP contribution in [0.2, 0.25) is 0 Å². The van der Waals surface area contributed by atoms with Crippen molar-refractivity contribution in [3.05, 3.63) is 65.7 Å². The summed E-state index contributed by atoms with van der Waals surface area (Å²) in [6.07, 6.45) is -2.31. The molecule has 1 aromatic carbocycles. The monoisotopic (exact) mass is 394 g/mol. The highest BCUT2D eigenvalue weighted by atomic mass is 19.4. The number of aliphatic hydroxyl groups is 1. The molecule has 150 valence electrons. The van der Waals surface area contributed by atoms with Gasteiger partial charge in [0, 0.05) is 18.3 Å². The maximum absolute atomic E-state index is 14.3. The van der Waals surface area contributed by atoms with Crippen molar-refractivity contribution in [3.63, 3.8) is 0 Å². The molecule has 0 radical (unpaired) electrons. The first-order valence-corrected chi connectivity index (χ1v) is 8.89. The van der Waals surface area contributed by atoms with Gasteiger partial charge in [0.25, 0.3) is 0 Å². The van der Waals surface area contributed by atoms with Crippen LogP contribution in [0.15, 0.2) is 48.8 Å². The number of hydrogen-bond donors (Lipinski definition) is 1. The molecule has 28 heavy (non-hydrogen) atoms. The molecule has 1 N–H and O–H groups in total. The van der Waals surface area contributed by atoms with Crippen LogP contribution in [0.25, 0.3) is 11.0 Å². The quantitative estimate of drug-likeness (QED) is 0.610. The molecule has 3 aromatic rings. The fourth-order valence-corrected chi connectivity index (χ4v) is 3.88. The number of benzene rings is 1. The summed E-state index contributed by atoms with van der Waals surface area (Å²) in [6, 6.07) is 8.45. The van der Waals surface area contributed by atoms with Gasteiger partial charge in [-0.15, -0.1) is 0 Å². The Labute approximate surface area is 160 Å². The second-order valence-corrected chi connectivity index (χ2v) is 7.72. The van der Waals surface area contributed by atoms with E-state index in [1.807, 2.05) is 0 Å². The summed E-state index contributed by atoms with van der Waals surface area (Å²) in [7, 11) is 0. The predicted molar refractivity (Wildman–Crippen MR) is 99.3 cm³/mol. The second-order valence-electron chi connectivity index (χ2n) is 7.72. The molecular weight excluding hydrogens is 372 g/mol. The van der Waals surface area contributed by atoms with E-state index in [-0.39, 0.29) is 5.52 Å². The lowest BCUT2D eigenvalue weighted by molar-refractivity contribution is -0.323. The number of fused-ring (bicyclic) bond motifs is 1. The molecule has 0 spiro atoms. The van der Waals surface area contributed by atoms with E-state index in [0.717, 1.165) is 4.57 Å². The highest BCUT2D eigenvalue weighted by molar-refractivity contribution is 5.75. The van der Waals surface area contributed by atoms with Crippen LogP contribution in [0.3, 0.4) is 0 Å². The van der Waals surface area contributed by atoms with Crippen molar-refractivity contribution in [1.29, 1.82) is 0 Å². The third-order valence-corrected chi connectivity index (χ3v) is 5.82. The Balaban J connectivity index is 2.23. The molecule has 0 amide bonds. The largest absolute Gasteiger partial charge is 0.437 e. The first-order chi connectivity index (χ1) is 12.9. The lowest BCUT2D eigenvalue weighted by atomic mass is 9.68. The van der Waals surface area contributed by atoms with E-state index in [0.29, 0.717) is 16.6 Å². The van der Waals surface area contributed by atoms with Gasteiger partial charge in [-0.05, 0) is 53.8 Å². The first-order valence-electron chi connectivity index (χ1n) is 8.89. The van der Waals surface area contributed by atoms with E-state index in [1.54, 1.807) is 20.8 Å². The Morgan fingerprint density at radius 2 is 1.79 bits per heavy atom. The molecule has 2 aromatic heterocycles. The third kappa shape index (κ3) is 2.98. The lowest BCUT2D eigenvalue weighted by Crippen LogP contribution is -2.57. The van der Waals surface area contributed by atoms with Crippen molar-refractivity contribution in [2.24, 2.45) is 5.92 Å². The van der Waals surface area contributed by atoms with Crippen molar-refractivity contribution in [2.75, 3.05) is 0 Å². The molecule has 2 heterocycles. The van der Waals surface area contributed by atoms with Crippen molar-refractivity contribution in [3.8, 4) is 0 Å². The maximum atomic E-state index is 14.3. The zero-order valence-electron chi connectivity index (χ0n) is 16.0. The van der Waals surface area contributed by atoms with Gasteiger partial charge < -0.3 is 9.67 Å². The van der Waals surface area contributed by atoms with E-state index >= 15 is 0 Å². The van der Waals surface area contributed by atoms with Crippen LogP contribution in [-0.4, -0.2) is 20.8 Å². The van der Waals surface area contributed by atoms with Crippen LogP contribution in [0.4, 0.5) is 17.6 Å². The van der Waals surface area contributed by atoms with E-state index in [2.05, 4.69) is 4.98 Å². The molecule has 0 saturated heterocycles. The predicted octanol–water partition coefficient (Wildman–Crippen LogP) is 5.31. The Kier molecular flexibility index (Phi) is 4.78. The standard InChI is InChI=1S/C21H22F4N2O/c1-13-7-8-15(22)12-16(13)19(3,4)14(2)20(28,21(23,24)25)27-11-9-17-18(27)6-5-10-26-17/h5-12,14,28H,1-4H3. The molecule has 0 aliphatic rings.